The van der Waals surface area contributed by atoms with E-state index in [1.807, 2.05) is 0 Å². The average Bonchev–Trinajstić information content (AvgIpc) is 2.29. The molecule has 0 N–H and O–H groups in total. The van der Waals surface area contributed by atoms with Crippen molar-refractivity contribution in [1.29, 1.82) is 0 Å². The molecule has 0 aliphatic rings. The Kier molecular flexibility index (Phi) is 6.93. The number of ether oxygens (including phenoxy) is 1. The van der Waals surface area contributed by atoms with Crippen LogP contribution in [0.25, 0.3) is 0 Å². The monoisotopic (exact) mass is 206 g/mol. The van der Waals surface area contributed by atoms with Gasteiger partial charge in [0.15, 0.2) is 0 Å². The largest absolute Gasteiger partial charge is 0.381 e. The molecule has 0 bridgehead atoms. The summed E-state index contributed by atoms with van der Waals surface area (Å²) < 4.78 is 5.44. The van der Waals surface area contributed by atoms with Crippen molar-refractivity contribution < 1.29 is 4.74 Å². The zero-order valence-corrected chi connectivity index (χ0v) is 9.74. The molecule has 1 rings (SSSR count). The molecule has 0 aliphatic carbocycles. The minimum Gasteiger partial charge on any atom is -0.381 e. The van der Waals surface area contributed by atoms with Gasteiger partial charge in [0.25, 0.3) is 0 Å². The Morgan fingerprint density at radius 2 is 1.73 bits per heavy atom. The fourth-order valence-electron chi connectivity index (χ4n) is 1.60. The lowest BCUT2D eigenvalue weighted by molar-refractivity contribution is 0.130. The maximum atomic E-state index is 5.44. The Labute approximate surface area is 93.5 Å². The Balaban J connectivity index is 1.93. The molecule has 15 heavy (non-hydrogen) atoms. The molecular weight excluding hydrogens is 184 g/mol. The third-order valence-electron chi connectivity index (χ3n) is 2.45. The number of benzene rings is 1. The third kappa shape index (κ3) is 6.29. The molecule has 1 nitrogen and oxygen atoms in total. The van der Waals surface area contributed by atoms with Crippen LogP contribution in [0.3, 0.4) is 0 Å². The van der Waals surface area contributed by atoms with Gasteiger partial charge in [-0.15, -0.1) is 0 Å². The summed E-state index contributed by atoms with van der Waals surface area (Å²) in [5, 5.41) is 0. The second kappa shape index (κ2) is 8.49. The van der Waals surface area contributed by atoms with Crippen molar-refractivity contribution in [2.75, 3.05) is 13.2 Å². The minimum absolute atomic E-state index is 0.915. The van der Waals surface area contributed by atoms with Gasteiger partial charge < -0.3 is 4.74 Å². The molecule has 0 amide bonds. The van der Waals surface area contributed by atoms with E-state index in [1.54, 1.807) is 0 Å². The van der Waals surface area contributed by atoms with E-state index in [0.717, 1.165) is 19.6 Å². The lowest BCUT2D eigenvalue weighted by Crippen LogP contribution is -1.95. The topological polar surface area (TPSA) is 9.23 Å². The first-order valence-corrected chi connectivity index (χ1v) is 6.05. The van der Waals surface area contributed by atoms with Crippen molar-refractivity contribution in [3.63, 3.8) is 0 Å². The molecular formula is C14H22O. The van der Waals surface area contributed by atoms with Crippen molar-refractivity contribution in [3.8, 4) is 0 Å². The molecule has 0 saturated heterocycles. The summed E-state index contributed by atoms with van der Waals surface area (Å²) in [5.41, 5.74) is 1.45. The lowest BCUT2D eigenvalue weighted by Gasteiger charge is -2.03. The van der Waals surface area contributed by atoms with E-state index < -0.39 is 0 Å². The van der Waals surface area contributed by atoms with E-state index >= 15 is 0 Å². The van der Waals surface area contributed by atoms with Gasteiger partial charge >= 0.3 is 0 Å². The maximum Gasteiger partial charge on any atom is 0.0466 e. The Morgan fingerprint density at radius 3 is 2.47 bits per heavy atom. The Bertz CT molecular complexity index is 230. The summed E-state index contributed by atoms with van der Waals surface area (Å²) in [7, 11) is 0. The quantitative estimate of drug-likeness (QED) is 0.587. The standard InChI is InChI=1S/C14H22O/c1-2-12-15-13-8-4-7-11-14-9-5-3-6-10-14/h3,5-6,9-10H,2,4,7-8,11-13H2,1H3. The van der Waals surface area contributed by atoms with Crippen LogP contribution in [0.1, 0.15) is 38.2 Å². The molecule has 0 unspecified atom stereocenters. The fraction of sp³-hybridized carbons (Fsp3) is 0.571. The Morgan fingerprint density at radius 1 is 0.933 bits per heavy atom. The first kappa shape index (κ1) is 12.3. The Hall–Kier alpha value is -0.820. The molecule has 0 aromatic heterocycles. The van der Waals surface area contributed by atoms with Gasteiger partial charge in [-0.3, -0.25) is 0 Å². The van der Waals surface area contributed by atoms with Gasteiger partial charge in [-0.05, 0) is 31.2 Å². The molecule has 0 atom stereocenters. The van der Waals surface area contributed by atoms with Crippen LogP contribution >= 0.6 is 0 Å². The van der Waals surface area contributed by atoms with Crippen LogP contribution in [-0.2, 0) is 11.2 Å². The maximum absolute atomic E-state index is 5.44. The highest BCUT2D eigenvalue weighted by atomic mass is 16.5. The van der Waals surface area contributed by atoms with Gasteiger partial charge in [0.2, 0.25) is 0 Å². The van der Waals surface area contributed by atoms with E-state index in [4.69, 9.17) is 4.74 Å². The number of rotatable bonds is 8. The summed E-state index contributed by atoms with van der Waals surface area (Å²) >= 11 is 0. The SMILES string of the molecule is CCCOCCCCCc1ccccc1. The number of hydrogen-bond acceptors (Lipinski definition) is 1. The number of hydrogen-bond donors (Lipinski definition) is 0. The summed E-state index contributed by atoms with van der Waals surface area (Å²) in [4.78, 5) is 0. The van der Waals surface area contributed by atoms with Crippen LogP contribution in [0.2, 0.25) is 0 Å². The highest BCUT2D eigenvalue weighted by Gasteiger charge is 1.92. The molecule has 0 saturated carbocycles. The van der Waals surface area contributed by atoms with Gasteiger partial charge in [-0.1, -0.05) is 43.7 Å². The zero-order valence-electron chi connectivity index (χ0n) is 9.74. The number of aryl methyl sites for hydroxylation is 1. The molecule has 84 valence electrons. The van der Waals surface area contributed by atoms with Gasteiger partial charge in [-0.25, -0.2) is 0 Å². The van der Waals surface area contributed by atoms with Gasteiger partial charge in [0, 0.05) is 13.2 Å². The van der Waals surface area contributed by atoms with Gasteiger partial charge in [-0.2, -0.15) is 0 Å². The van der Waals surface area contributed by atoms with E-state index in [0.29, 0.717) is 0 Å². The molecule has 0 heterocycles. The molecule has 1 heteroatoms. The minimum atomic E-state index is 0.915. The normalized spacial score (nSPS) is 10.5. The average molecular weight is 206 g/mol. The molecule has 0 radical (unpaired) electrons. The molecule has 0 aliphatic heterocycles. The smallest absolute Gasteiger partial charge is 0.0466 e. The van der Waals surface area contributed by atoms with E-state index in [1.165, 1.54) is 31.2 Å². The van der Waals surface area contributed by atoms with Crippen LogP contribution in [0.15, 0.2) is 30.3 Å². The molecule has 0 spiro atoms. The zero-order chi connectivity index (χ0) is 10.8. The number of unbranched alkanes of at least 4 members (excludes halogenated alkanes) is 2. The summed E-state index contributed by atoms with van der Waals surface area (Å²) in [6.45, 7) is 4.00. The molecule has 1 aromatic carbocycles. The van der Waals surface area contributed by atoms with Crippen molar-refractivity contribution in [3.05, 3.63) is 35.9 Å². The summed E-state index contributed by atoms with van der Waals surface area (Å²) in [5.74, 6) is 0. The first-order valence-electron chi connectivity index (χ1n) is 6.05. The molecule has 1 aromatic rings. The highest BCUT2D eigenvalue weighted by molar-refractivity contribution is 5.14. The highest BCUT2D eigenvalue weighted by Crippen LogP contribution is 2.06. The van der Waals surface area contributed by atoms with Crippen LogP contribution < -0.4 is 0 Å². The van der Waals surface area contributed by atoms with Gasteiger partial charge in [0.1, 0.15) is 0 Å². The third-order valence-corrected chi connectivity index (χ3v) is 2.45. The molecule has 0 fully saturated rings. The van der Waals surface area contributed by atoms with Crippen molar-refractivity contribution in [1.82, 2.24) is 0 Å². The second-order valence-electron chi connectivity index (χ2n) is 3.91. The van der Waals surface area contributed by atoms with E-state index in [9.17, 15) is 0 Å². The van der Waals surface area contributed by atoms with Crippen LogP contribution in [0.4, 0.5) is 0 Å². The van der Waals surface area contributed by atoms with E-state index in [2.05, 4.69) is 37.3 Å². The lowest BCUT2D eigenvalue weighted by atomic mass is 10.1. The van der Waals surface area contributed by atoms with Crippen LogP contribution in [0, 0.1) is 0 Å². The second-order valence-corrected chi connectivity index (χ2v) is 3.91. The predicted molar refractivity (Wildman–Crippen MR) is 65.1 cm³/mol. The summed E-state index contributed by atoms with van der Waals surface area (Å²) in [6.07, 6.45) is 6.09. The van der Waals surface area contributed by atoms with Crippen LogP contribution in [0.5, 0.6) is 0 Å². The van der Waals surface area contributed by atoms with Crippen molar-refractivity contribution >= 4 is 0 Å². The predicted octanol–water partition coefficient (Wildman–Crippen LogP) is 3.83. The van der Waals surface area contributed by atoms with Crippen LogP contribution in [-0.4, -0.2) is 13.2 Å². The summed E-state index contributed by atoms with van der Waals surface area (Å²) in [6, 6.07) is 10.7. The van der Waals surface area contributed by atoms with E-state index in [-0.39, 0.29) is 0 Å². The van der Waals surface area contributed by atoms with Crippen molar-refractivity contribution in [2.45, 2.75) is 39.0 Å². The fourth-order valence-corrected chi connectivity index (χ4v) is 1.60. The first-order chi connectivity index (χ1) is 7.43. The van der Waals surface area contributed by atoms with Crippen molar-refractivity contribution in [2.24, 2.45) is 0 Å². The van der Waals surface area contributed by atoms with Gasteiger partial charge in [0.05, 0.1) is 0 Å².